The molecule has 3 aromatic heterocycles. The zero-order valence-electron chi connectivity index (χ0n) is 26.8. The minimum Gasteiger partial charge on any atom is -0.471 e. The number of nitrogens with zero attached hydrogens (tertiary/aromatic N) is 5. The van der Waals surface area contributed by atoms with Crippen LogP contribution in [-0.2, 0) is 29.2 Å². The fraction of sp³-hybridized carbons (Fsp3) is 0.405. The van der Waals surface area contributed by atoms with E-state index >= 15 is 0 Å². The molecule has 5 heterocycles. The lowest BCUT2D eigenvalue weighted by Gasteiger charge is -2.32. The predicted molar refractivity (Wildman–Crippen MR) is 177 cm³/mol. The SMILES string of the molecule is CC(C)(C)OC(=O)c1ccc2nc(CN3CCC(c4cccc(OCc5cc6ccccc6cn5)n4)CC3)n(C[C@@H]3CCO3)c2c1. The Morgan fingerprint density at radius 3 is 2.52 bits per heavy atom. The van der Waals surface area contributed by atoms with Crippen LogP contribution >= 0.6 is 0 Å². The highest BCUT2D eigenvalue weighted by molar-refractivity contribution is 5.94. The molecule has 0 radical (unpaired) electrons. The van der Waals surface area contributed by atoms with Crippen molar-refractivity contribution in [2.75, 3.05) is 19.7 Å². The van der Waals surface area contributed by atoms with Gasteiger partial charge in [0.15, 0.2) is 0 Å². The molecule has 9 heteroatoms. The molecular formula is C37H41N5O4. The van der Waals surface area contributed by atoms with Crippen molar-refractivity contribution in [3.63, 3.8) is 0 Å². The minimum atomic E-state index is -0.553. The van der Waals surface area contributed by atoms with E-state index in [1.165, 1.54) is 0 Å². The number of fused-ring (bicyclic) bond motifs is 2. The number of esters is 1. The number of imidazole rings is 1. The summed E-state index contributed by atoms with van der Waals surface area (Å²) >= 11 is 0. The summed E-state index contributed by atoms with van der Waals surface area (Å²) < 4.78 is 19.8. The van der Waals surface area contributed by atoms with Gasteiger partial charge in [-0.25, -0.2) is 14.8 Å². The van der Waals surface area contributed by atoms with E-state index in [9.17, 15) is 4.79 Å². The molecule has 9 nitrogen and oxygen atoms in total. The van der Waals surface area contributed by atoms with Crippen molar-refractivity contribution >= 4 is 27.8 Å². The largest absolute Gasteiger partial charge is 0.471 e. The average Bonchev–Trinajstić information content (AvgIpc) is 3.37. The number of carbonyl (C=O) groups is 1. The normalized spacial score (nSPS) is 17.7. The molecule has 0 aliphatic carbocycles. The molecule has 2 saturated heterocycles. The molecule has 5 aromatic rings. The third-order valence-electron chi connectivity index (χ3n) is 8.81. The molecule has 0 N–H and O–H groups in total. The maximum Gasteiger partial charge on any atom is 0.338 e. The van der Waals surface area contributed by atoms with E-state index in [1.807, 2.05) is 69.4 Å². The van der Waals surface area contributed by atoms with Gasteiger partial charge in [-0.1, -0.05) is 30.3 Å². The molecule has 7 rings (SSSR count). The molecule has 2 aliphatic rings. The Morgan fingerprint density at radius 1 is 0.957 bits per heavy atom. The summed E-state index contributed by atoms with van der Waals surface area (Å²) in [5.41, 5.74) is 3.78. The number of ether oxygens (including phenoxy) is 3. The molecule has 0 amide bonds. The van der Waals surface area contributed by atoms with Crippen LogP contribution in [0.4, 0.5) is 0 Å². The Balaban J connectivity index is 1.00. The van der Waals surface area contributed by atoms with Crippen LogP contribution in [0.25, 0.3) is 21.8 Å². The minimum absolute atomic E-state index is 0.171. The van der Waals surface area contributed by atoms with Gasteiger partial charge in [0.05, 0.1) is 41.5 Å². The first-order valence-electron chi connectivity index (χ1n) is 16.3. The molecular weight excluding hydrogens is 578 g/mol. The first-order chi connectivity index (χ1) is 22.3. The lowest BCUT2D eigenvalue weighted by Crippen LogP contribution is -2.35. The van der Waals surface area contributed by atoms with Crippen LogP contribution in [-0.4, -0.2) is 61.8 Å². The Morgan fingerprint density at radius 2 is 1.76 bits per heavy atom. The molecule has 2 aromatic carbocycles. The summed E-state index contributed by atoms with van der Waals surface area (Å²) in [5.74, 6) is 1.69. The molecule has 1 atom stereocenters. The lowest BCUT2D eigenvalue weighted by atomic mass is 9.93. The van der Waals surface area contributed by atoms with Gasteiger partial charge in [-0.3, -0.25) is 9.88 Å². The number of hydrogen-bond donors (Lipinski definition) is 0. The van der Waals surface area contributed by atoms with Gasteiger partial charge >= 0.3 is 5.97 Å². The third-order valence-corrected chi connectivity index (χ3v) is 8.81. The summed E-state index contributed by atoms with van der Waals surface area (Å²) in [6.07, 6.45) is 5.12. The smallest absolute Gasteiger partial charge is 0.338 e. The highest BCUT2D eigenvalue weighted by atomic mass is 16.6. The van der Waals surface area contributed by atoms with E-state index in [0.29, 0.717) is 24.0 Å². The van der Waals surface area contributed by atoms with E-state index in [2.05, 4.69) is 38.7 Å². The Hall–Kier alpha value is -4.34. The van der Waals surface area contributed by atoms with Crippen LogP contribution in [0.15, 0.2) is 72.9 Å². The van der Waals surface area contributed by atoms with Gasteiger partial charge in [-0.05, 0) is 88.8 Å². The van der Waals surface area contributed by atoms with Gasteiger partial charge in [0, 0.05) is 35.9 Å². The number of carbonyl (C=O) groups excluding carboxylic acids is 1. The maximum atomic E-state index is 12.8. The fourth-order valence-corrected chi connectivity index (χ4v) is 6.27. The maximum absolute atomic E-state index is 12.8. The fourth-order valence-electron chi connectivity index (χ4n) is 6.27. The van der Waals surface area contributed by atoms with Crippen LogP contribution in [0.2, 0.25) is 0 Å². The second-order valence-corrected chi connectivity index (χ2v) is 13.4. The highest BCUT2D eigenvalue weighted by Gasteiger charge is 2.27. The Labute approximate surface area is 269 Å². The molecule has 2 fully saturated rings. The molecule has 0 unspecified atom stereocenters. The molecule has 0 saturated carbocycles. The number of piperidine rings is 1. The number of rotatable bonds is 9. The second kappa shape index (κ2) is 12.8. The van der Waals surface area contributed by atoms with Crippen LogP contribution < -0.4 is 4.74 Å². The van der Waals surface area contributed by atoms with Gasteiger partial charge in [0.1, 0.15) is 18.0 Å². The van der Waals surface area contributed by atoms with Gasteiger partial charge in [0.25, 0.3) is 0 Å². The average molecular weight is 620 g/mol. The molecule has 0 spiro atoms. The number of hydrogen-bond acceptors (Lipinski definition) is 8. The monoisotopic (exact) mass is 619 g/mol. The summed E-state index contributed by atoms with van der Waals surface area (Å²) in [4.78, 5) is 29.8. The third kappa shape index (κ3) is 6.90. The van der Waals surface area contributed by atoms with Crippen LogP contribution in [0.1, 0.15) is 73.5 Å². The second-order valence-electron chi connectivity index (χ2n) is 13.4. The van der Waals surface area contributed by atoms with Gasteiger partial charge < -0.3 is 18.8 Å². The lowest BCUT2D eigenvalue weighted by molar-refractivity contribution is -0.0592. The van der Waals surface area contributed by atoms with Crippen LogP contribution in [0.5, 0.6) is 5.88 Å². The standard InChI is InChI=1S/C37H41N5O4/c1-37(2,3)46-36(43)27-11-12-32-33(20-27)42(22-30-15-18-44-30)34(39-32)23-41-16-13-25(14-17-41)31-9-6-10-35(40-31)45-24-29-19-26-7-4-5-8-28(26)21-38-29/h4-12,19-21,25,30H,13-18,22-24H2,1-3H3/t30-/m0/s1. The van der Waals surface area contributed by atoms with Crippen molar-refractivity contribution in [3.05, 3.63) is 95.7 Å². The van der Waals surface area contributed by atoms with Gasteiger partial charge in [-0.15, -0.1) is 0 Å². The molecule has 238 valence electrons. The van der Waals surface area contributed by atoms with Crippen LogP contribution in [0, 0.1) is 0 Å². The molecule has 0 bridgehead atoms. The zero-order chi connectivity index (χ0) is 31.7. The van der Waals surface area contributed by atoms with E-state index in [4.69, 9.17) is 24.2 Å². The summed E-state index contributed by atoms with van der Waals surface area (Å²) in [7, 11) is 0. The van der Waals surface area contributed by atoms with E-state index in [0.717, 1.165) is 91.1 Å². The van der Waals surface area contributed by atoms with E-state index in [1.54, 1.807) is 0 Å². The van der Waals surface area contributed by atoms with Crippen molar-refractivity contribution in [2.24, 2.45) is 0 Å². The quantitative estimate of drug-likeness (QED) is 0.169. The highest BCUT2D eigenvalue weighted by Crippen LogP contribution is 2.30. The summed E-state index contributed by atoms with van der Waals surface area (Å²) in [6, 6.07) is 22.0. The zero-order valence-corrected chi connectivity index (χ0v) is 26.8. The summed E-state index contributed by atoms with van der Waals surface area (Å²) in [6.45, 7) is 10.2. The summed E-state index contributed by atoms with van der Waals surface area (Å²) in [5, 5.41) is 2.27. The number of aromatic nitrogens is 4. The number of pyridine rings is 2. The van der Waals surface area contributed by atoms with Crippen molar-refractivity contribution in [1.82, 2.24) is 24.4 Å². The number of benzene rings is 2. The van der Waals surface area contributed by atoms with Crippen LogP contribution in [0.3, 0.4) is 0 Å². The van der Waals surface area contributed by atoms with Gasteiger partial charge in [-0.2, -0.15) is 0 Å². The van der Waals surface area contributed by atoms with Crippen molar-refractivity contribution in [3.8, 4) is 5.88 Å². The predicted octanol–water partition coefficient (Wildman–Crippen LogP) is 6.68. The first-order valence-corrected chi connectivity index (χ1v) is 16.3. The van der Waals surface area contributed by atoms with Gasteiger partial charge in [0.2, 0.25) is 5.88 Å². The topological polar surface area (TPSA) is 91.6 Å². The Kier molecular flexibility index (Phi) is 8.44. The molecule has 46 heavy (non-hydrogen) atoms. The Bertz CT molecular complexity index is 1850. The number of likely N-dealkylation sites (tertiary alicyclic amines) is 1. The first kappa shape index (κ1) is 30.3. The van der Waals surface area contributed by atoms with E-state index < -0.39 is 5.60 Å². The van der Waals surface area contributed by atoms with Crippen molar-refractivity contribution in [2.45, 2.75) is 77.4 Å². The van der Waals surface area contributed by atoms with E-state index in [-0.39, 0.29) is 12.1 Å². The van der Waals surface area contributed by atoms with Crippen molar-refractivity contribution in [1.29, 1.82) is 0 Å². The van der Waals surface area contributed by atoms with Crippen molar-refractivity contribution < 1.29 is 19.0 Å². The molecule has 2 aliphatic heterocycles.